The Labute approximate surface area is 128 Å². The summed E-state index contributed by atoms with van der Waals surface area (Å²) in [6, 6.07) is 11.2. The van der Waals surface area contributed by atoms with Crippen molar-refractivity contribution in [3.8, 4) is 0 Å². The molecule has 1 aromatic carbocycles. The number of hydrogen-bond acceptors (Lipinski definition) is 3. The number of rotatable bonds is 4. The van der Waals surface area contributed by atoms with E-state index in [1.807, 2.05) is 37.3 Å². The quantitative estimate of drug-likeness (QED) is 0.943. The van der Waals surface area contributed by atoms with Crippen LogP contribution in [0.2, 0.25) is 0 Å². The summed E-state index contributed by atoms with van der Waals surface area (Å²) in [5, 5.41) is 2.87. The average molecular weight is 298 g/mol. The van der Waals surface area contributed by atoms with Gasteiger partial charge in [-0.3, -0.25) is 9.59 Å². The summed E-state index contributed by atoms with van der Waals surface area (Å²) in [4.78, 5) is 26.0. The van der Waals surface area contributed by atoms with Gasteiger partial charge in [0.05, 0.1) is 18.7 Å². The van der Waals surface area contributed by atoms with Gasteiger partial charge in [0, 0.05) is 18.7 Å². The second-order valence-electron chi connectivity index (χ2n) is 5.61. The second-order valence-corrected chi connectivity index (χ2v) is 5.61. The van der Waals surface area contributed by atoms with Gasteiger partial charge in [-0.2, -0.15) is 0 Å². The van der Waals surface area contributed by atoms with Crippen molar-refractivity contribution in [2.24, 2.45) is 5.92 Å². The van der Waals surface area contributed by atoms with E-state index in [0.29, 0.717) is 13.1 Å². The SMILES string of the molecule is Cc1ccc(NC(=O)[C@@H]2CC(=O)N(Cc3ccco3)C2)cc1. The number of aryl methyl sites for hydroxylation is 1. The number of likely N-dealkylation sites (tertiary alicyclic amines) is 1. The first kappa shape index (κ1) is 14.4. The van der Waals surface area contributed by atoms with E-state index < -0.39 is 0 Å². The van der Waals surface area contributed by atoms with Crippen LogP contribution in [0.5, 0.6) is 0 Å². The number of furan rings is 1. The largest absolute Gasteiger partial charge is 0.467 e. The van der Waals surface area contributed by atoms with Crippen molar-refractivity contribution >= 4 is 17.5 Å². The van der Waals surface area contributed by atoms with Crippen molar-refractivity contribution in [2.75, 3.05) is 11.9 Å². The summed E-state index contributed by atoms with van der Waals surface area (Å²) in [6.45, 7) is 2.84. The Kier molecular flexibility index (Phi) is 3.96. The van der Waals surface area contributed by atoms with Crippen molar-refractivity contribution in [3.63, 3.8) is 0 Å². The predicted octanol–water partition coefficient (Wildman–Crippen LogP) is 2.58. The maximum atomic E-state index is 12.3. The maximum absolute atomic E-state index is 12.3. The van der Waals surface area contributed by atoms with Crippen LogP contribution in [0.25, 0.3) is 0 Å². The molecule has 0 aliphatic carbocycles. The van der Waals surface area contributed by atoms with E-state index in [-0.39, 0.29) is 24.2 Å². The number of hydrogen-bond donors (Lipinski definition) is 1. The molecule has 1 fully saturated rings. The minimum atomic E-state index is -0.316. The van der Waals surface area contributed by atoms with E-state index in [1.165, 1.54) is 0 Å². The molecule has 1 N–H and O–H groups in total. The van der Waals surface area contributed by atoms with E-state index in [9.17, 15) is 9.59 Å². The highest BCUT2D eigenvalue weighted by Gasteiger charge is 2.34. The van der Waals surface area contributed by atoms with E-state index in [1.54, 1.807) is 17.2 Å². The van der Waals surface area contributed by atoms with Gasteiger partial charge < -0.3 is 14.6 Å². The highest BCUT2D eigenvalue weighted by molar-refractivity contribution is 5.97. The van der Waals surface area contributed by atoms with Gasteiger partial charge in [-0.15, -0.1) is 0 Å². The molecule has 0 radical (unpaired) electrons. The monoisotopic (exact) mass is 298 g/mol. The summed E-state index contributed by atoms with van der Waals surface area (Å²) >= 11 is 0. The number of nitrogens with zero attached hydrogens (tertiary/aromatic N) is 1. The number of amides is 2. The molecule has 1 aliphatic heterocycles. The average Bonchev–Trinajstić information content (AvgIpc) is 3.13. The van der Waals surface area contributed by atoms with E-state index in [2.05, 4.69) is 5.32 Å². The highest BCUT2D eigenvalue weighted by atomic mass is 16.3. The fourth-order valence-corrected chi connectivity index (χ4v) is 2.57. The number of carbonyl (C=O) groups excluding carboxylic acids is 2. The fraction of sp³-hybridized carbons (Fsp3) is 0.294. The molecular formula is C17H18N2O3. The van der Waals surface area contributed by atoms with Gasteiger partial charge >= 0.3 is 0 Å². The lowest BCUT2D eigenvalue weighted by atomic mass is 10.1. The Morgan fingerprint density at radius 2 is 2.09 bits per heavy atom. The van der Waals surface area contributed by atoms with Crippen molar-refractivity contribution in [3.05, 3.63) is 54.0 Å². The summed E-state index contributed by atoms with van der Waals surface area (Å²) in [5.74, 6) is 0.288. The molecular weight excluding hydrogens is 280 g/mol. The molecule has 5 nitrogen and oxygen atoms in total. The van der Waals surface area contributed by atoms with Crippen molar-refractivity contribution in [2.45, 2.75) is 19.9 Å². The van der Waals surface area contributed by atoms with Crippen LogP contribution in [0.15, 0.2) is 47.1 Å². The van der Waals surface area contributed by atoms with Crippen LogP contribution in [0.4, 0.5) is 5.69 Å². The van der Waals surface area contributed by atoms with Crippen LogP contribution in [-0.2, 0) is 16.1 Å². The third kappa shape index (κ3) is 3.19. The molecule has 1 aliphatic rings. The Morgan fingerprint density at radius 3 is 2.77 bits per heavy atom. The third-order valence-corrected chi connectivity index (χ3v) is 3.83. The number of carbonyl (C=O) groups is 2. The summed E-state index contributed by atoms with van der Waals surface area (Å²) in [7, 11) is 0. The smallest absolute Gasteiger partial charge is 0.229 e. The third-order valence-electron chi connectivity index (χ3n) is 3.83. The summed E-state index contributed by atoms with van der Waals surface area (Å²) in [6.07, 6.45) is 1.83. The topological polar surface area (TPSA) is 62.6 Å². The summed E-state index contributed by atoms with van der Waals surface area (Å²) in [5.41, 5.74) is 1.89. The second kappa shape index (κ2) is 6.05. The molecule has 5 heteroatoms. The van der Waals surface area contributed by atoms with Crippen LogP contribution in [-0.4, -0.2) is 23.3 Å². The lowest BCUT2D eigenvalue weighted by molar-refractivity contribution is -0.128. The van der Waals surface area contributed by atoms with E-state index >= 15 is 0 Å². The molecule has 0 spiro atoms. The first-order valence-electron chi connectivity index (χ1n) is 7.29. The fourth-order valence-electron chi connectivity index (χ4n) is 2.57. The zero-order valence-electron chi connectivity index (χ0n) is 12.4. The van der Waals surface area contributed by atoms with Gasteiger partial charge in [0.1, 0.15) is 5.76 Å². The number of nitrogens with one attached hydrogen (secondary N) is 1. The molecule has 1 aromatic heterocycles. The Hall–Kier alpha value is -2.56. The van der Waals surface area contributed by atoms with Crippen LogP contribution >= 0.6 is 0 Å². The first-order valence-corrected chi connectivity index (χ1v) is 7.29. The standard InChI is InChI=1S/C17H18N2O3/c1-12-4-6-14(7-5-12)18-17(21)13-9-16(20)19(10-13)11-15-3-2-8-22-15/h2-8,13H,9-11H2,1H3,(H,18,21)/t13-/m1/s1. The van der Waals surface area contributed by atoms with Crippen molar-refractivity contribution in [1.29, 1.82) is 0 Å². The van der Waals surface area contributed by atoms with Crippen molar-refractivity contribution < 1.29 is 14.0 Å². The van der Waals surface area contributed by atoms with E-state index in [0.717, 1.165) is 17.0 Å². The minimum Gasteiger partial charge on any atom is -0.467 e. The molecule has 1 saturated heterocycles. The van der Waals surface area contributed by atoms with Crippen LogP contribution in [0.3, 0.4) is 0 Å². The zero-order chi connectivity index (χ0) is 15.5. The molecule has 114 valence electrons. The number of benzene rings is 1. The zero-order valence-corrected chi connectivity index (χ0v) is 12.4. The normalized spacial score (nSPS) is 17.8. The van der Waals surface area contributed by atoms with Gasteiger partial charge in [-0.05, 0) is 31.2 Å². The first-order chi connectivity index (χ1) is 10.6. The molecule has 0 saturated carbocycles. The molecule has 3 rings (SSSR count). The Bertz CT molecular complexity index is 662. The lowest BCUT2D eigenvalue weighted by Gasteiger charge is -2.15. The highest BCUT2D eigenvalue weighted by Crippen LogP contribution is 2.22. The Morgan fingerprint density at radius 1 is 1.32 bits per heavy atom. The molecule has 0 bridgehead atoms. The predicted molar refractivity (Wildman–Crippen MR) is 82.0 cm³/mol. The maximum Gasteiger partial charge on any atom is 0.229 e. The van der Waals surface area contributed by atoms with Gasteiger partial charge in [0.2, 0.25) is 11.8 Å². The number of anilines is 1. The Balaban J connectivity index is 1.60. The van der Waals surface area contributed by atoms with Crippen LogP contribution < -0.4 is 5.32 Å². The van der Waals surface area contributed by atoms with Crippen LogP contribution in [0, 0.1) is 12.8 Å². The van der Waals surface area contributed by atoms with Gasteiger partial charge in [-0.1, -0.05) is 17.7 Å². The molecule has 1 atom stereocenters. The molecule has 2 aromatic rings. The van der Waals surface area contributed by atoms with Gasteiger partial charge in [0.25, 0.3) is 0 Å². The van der Waals surface area contributed by atoms with Gasteiger partial charge in [-0.25, -0.2) is 0 Å². The van der Waals surface area contributed by atoms with Crippen LogP contribution in [0.1, 0.15) is 17.7 Å². The minimum absolute atomic E-state index is 0.0135. The van der Waals surface area contributed by atoms with Gasteiger partial charge in [0.15, 0.2) is 0 Å². The lowest BCUT2D eigenvalue weighted by Crippen LogP contribution is -2.27. The molecule has 2 amide bonds. The molecule has 2 heterocycles. The molecule has 22 heavy (non-hydrogen) atoms. The van der Waals surface area contributed by atoms with Crippen molar-refractivity contribution in [1.82, 2.24) is 4.90 Å². The van der Waals surface area contributed by atoms with E-state index in [4.69, 9.17) is 4.42 Å². The summed E-state index contributed by atoms with van der Waals surface area (Å²) < 4.78 is 5.25. The molecule has 0 unspecified atom stereocenters.